The molecule has 0 saturated carbocycles. The van der Waals surface area contributed by atoms with Crippen LogP contribution >= 0.6 is 0 Å². The molecule has 8 nitrogen and oxygen atoms in total. The first-order chi connectivity index (χ1) is 15.5. The van der Waals surface area contributed by atoms with Gasteiger partial charge in [0.1, 0.15) is 5.84 Å². The van der Waals surface area contributed by atoms with Crippen LogP contribution in [0.25, 0.3) is 0 Å². The largest absolute Gasteiger partial charge is 0.454 e. The van der Waals surface area contributed by atoms with E-state index in [1.165, 1.54) is 4.90 Å². The lowest BCUT2D eigenvalue weighted by Gasteiger charge is -2.29. The molecule has 0 bridgehead atoms. The average molecular weight is 432 g/mol. The number of benzene rings is 2. The van der Waals surface area contributed by atoms with E-state index in [-0.39, 0.29) is 54.9 Å². The molecule has 4 heterocycles. The number of hydrogen-bond donors (Lipinski definition) is 2. The number of carbonyl (C=O) groups is 2. The van der Waals surface area contributed by atoms with Crippen LogP contribution in [0.15, 0.2) is 42.5 Å². The molecule has 0 radical (unpaired) electrons. The molecule has 8 heteroatoms. The Labute approximate surface area is 185 Å². The lowest BCUT2D eigenvalue weighted by molar-refractivity contribution is -0.142. The number of ether oxygens (including phenoxy) is 2. The monoisotopic (exact) mass is 432 g/mol. The van der Waals surface area contributed by atoms with E-state index in [9.17, 15) is 9.59 Å². The van der Waals surface area contributed by atoms with Crippen LogP contribution in [0.1, 0.15) is 35.6 Å². The zero-order valence-electron chi connectivity index (χ0n) is 17.5. The van der Waals surface area contributed by atoms with Crippen LogP contribution in [0.5, 0.6) is 11.5 Å². The highest BCUT2D eigenvalue weighted by molar-refractivity contribution is 6.06. The van der Waals surface area contributed by atoms with E-state index in [0.717, 1.165) is 30.5 Å². The molecule has 4 aliphatic heterocycles. The lowest BCUT2D eigenvalue weighted by atomic mass is 9.85. The van der Waals surface area contributed by atoms with E-state index < -0.39 is 0 Å². The van der Waals surface area contributed by atoms with Crippen molar-refractivity contribution < 1.29 is 19.1 Å². The fourth-order valence-electron chi connectivity index (χ4n) is 5.90. The molecule has 0 unspecified atom stereocenters. The first-order valence-corrected chi connectivity index (χ1v) is 11.0. The molecule has 3 saturated heterocycles. The Balaban J connectivity index is 1.32. The van der Waals surface area contributed by atoms with Crippen molar-refractivity contribution >= 4 is 17.6 Å². The quantitative estimate of drug-likeness (QED) is 0.435. The Bertz CT molecular complexity index is 1130. The minimum Gasteiger partial charge on any atom is -0.454 e. The Morgan fingerprint density at radius 3 is 2.56 bits per heavy atom. The number of amides is 2. The van der Waals surface area contributed by atoms with Crippen molar-refractivity contribution in [2.24, 2.45) is 17.6 Å². The number of nitrogen functional groups attached to an aromatic ring is 1. The number of fused-ring (bicyclic) bond motifs is 4. The number of rotatable bonds is 4. The van der Waals surface area contributed by atoms with Gasteiger partial charge in [-0.05, 0) is 42.6 Å². The molecule has 0 aromatic heterocycles. The van der Waals surface area contributed by atoms with Gasteiger partial charge in [0, 0.05) is 17.6 Å². The van der Waals surface area contributed by atoms with Gasteiger partial charge in [0.05, 0.1) is 18.4 Å². The average Bonchev–Trinajstić information content (AvgIpc) is 3.54. The SMILES string of the molecule is N=C(N)c1ccc([C@H]2[C@H]3C(=O)N(Cc4ccc5c(c4)OCO5)C(=O)[C@H]3[C@@H]3CCCN32)cc1. The topological polar surface area (TPSA) is 109 Å². The van der Waals surface area contributed by atoms with Crippen molar-refractivity contribution in [3.05, 3.63) is 59.2 Å². The van der Waals surface area contributed by atoms with Gasteiger partial charge in [-0.2, -0.15) is 0 Å². The number of nitrogens with two attached hydrogens (primary N) is 1. The second-order valence-electron chi connectivity index (χ2n) is 8.93. The van der Waals surface area contributed by atoms with E-state index in [2.05, 4.69) is 4.90 Å². The number of hydrogen-bond acceptors (Lipinski definition) is 6. The summed E-state index contributed by atoms with van der Waals surface area (Å²) in [7, 11) is 0. The summed E-state index contributed by atoms with van der Waals surface area (Å²) < 4.78 is 10.8. The third kappa shape index (κ3) is 2.75. The molecule has 3 fully saturated rings. The lowest BCUT2D eigenvalue weighted by Crippen LogP contribution is -2.38. The zero-order valence-corrected chi connectivity index (χ0v) is 17.5. The molecular weight excluding hydrogens is 408 g/mol. The third-order valence-electron chi connectivity index (χ3n) is 7.28. The second kappa shape index (κ2) is 7.06. The van der Waals surface area contributed by atoms with Crippen LogP contribution in [0.3, 0.4) is 0 Å². The summed E-state index contributed by atoms with van der Waals surface area (Å²) in [5.74, 6) is 0.473. The first-order valence-electron chi connectivity index (χ1n) is 11.0. The molecule has 2 aromatic rings. The summed E-state index contributed by atoms with van der Waals surface area (Å²) in [6.45, 7) is 1.32. The van der Waals surface area contributed by atoms with Gasteiger partial charge in [-0.15, -0.1) is 0 Å². The van der Waals surface area contributed by atoms with Gasteiger partial charge >= 0.3 is 0 Å². The minimum atomic E-state index is -0.384. The molecule has 2 aromatic carbocycles. The highest BCUT2D eigenvalue weighted by Crippen LogP contribution is 2.53. The predicted molar refractivity (Wildman–Crippen MR) is 115 cm³/mol. The highest BCUT2D eigenvalue weighted by atomic mass is 16.7. The summed E-state index contributed by atoms with van der Waals surface area (Å²) in [5.41, 5.74) is 8.11. The van der Waals surface area contributed by atoms with E-state index in [1.807, 2.05) is 42.5 Å². The van der Waals surface area contributed by atoms with Gasteiger partial charge in [-0.25, -0.2) is 0 Å². The number of likely N-dealkylation sites (tertiary alicyclic amines) is 1. The maximum Gasteiger partial charge on any atom is 0.235 e. The van der Waals surface area contributed by atoms with Crippen molar-refractivity contribution in [3.63, 3.8) is 0 Å². The molecular formula is C24H24N4O4. The molecule has 4 aliphatic rings. The Morgan fingerprint density at radius 2 is 1.78 bits per heavy atom. The summed E-state index contributed by atoms with van der Waals surface area (Å²) in [4.78, 5) is 30.8. The minimum absolute atomic E-state index is 0.0157. The third-order valence-corrected chi connectivity index (χ3v) is 7.28. The van der Waals surface area contributed by atoms with Crippen LogP contribution in [-0.2, 0) is 16.1 Å². The number of nitrogens with one attached hydrogen (secondary N) is 1. The van der Waals surface area contributed by atoms with E-state index in [1.54, 1.807) is 0 Å². The van der Waals surface area contributed by atoms with Crippen LogP contribution in [0.2, 0.25) is 0 Å². The fraction of sp³-hybridized carbons (Fsp3) is 0.375. The maximum absolute atomic E-state index is 13.6. The number of nitrogens with zero attached hydrogens (tertiary/aromatic N) is 2. The van der Waals surface area contributed by atoms with Crippen molar-refractivity contribution in [2.75, 3.05) is 13.3 Å². The zero-order chi connectivity index (χ0) is 22.0. The molecule has 3 N–H and O–H groups in total. The van der Waals surface area contributed by atoms with Crippen LogP contribution in [0, 0.1) is 17.2 Å². The van der Waals surface area contributed by atoms with Gasteiger partial charge in [-0.3, -0.25) is 24.8 Å². The van der Waals surface area contributed by atoms with Crippen molar-refractivity contribution in [2.45, 2.75) is 31.5 Å². The number of amidine groups is 1. The van der Waals surface area contributed by atoms with Gasteiger partial charge in [0.15, 0.2) is 11.5 Å². The van der Waals surface area contributed by atoms with Crippen molar-refractivity contribution in [1.82, 2.24) is 9.80 Å². The Kier molecular flexibility index (Phi) is 4.26. The number of imide groups is 1. The number of carbonyl (C=O) groups excluding carboxylic acids is 2. The van der Waals surface area contributed by atoms with E-state index >= 15 is 0 Å². The van der Waals surface area contributed by atoms with E-state index in [0.29, 0.717) is 17.1 Å². The molecule has 0 spiro atoms. The Morgan fingerprint density at radius 1 is 1.03 bits per heavy atom. The van der Waals surface area contributed by atoms with Gasteiger partial charge in [-0.1, -0.05) is 30.3 Å². The van der Waals surface area contributed by atoms with E-state index in [4.69, 9.17) is 20.6 Å². The standard InChI is InChI=1S/C24H24N4O4/c25-22(26)15-6-4-14(5-7-15)21-20-19(16-2-1-9-27(16)21)23(29)28(24(20)30)11-13-3-8-17-18(10-13)32-12-31-17/h3-8,10,16,19-21H,1-2,9,11-12H2,(H3,25,26)/t16-,19-,20-,21-/m0/s1. The molecule has 2 amide bonds. The normalized spacial score (nSPS) is 28.3. The maximum atomic E-state index is 13.6. The van der Waals surface area contributed by atoms with Gasteiger partial charge < -0.3 is 15.2 Å². The van der Waals surface area contributed by atoms with Gasteiger partial charge in [0.2, 0.25) is 18.6 Å². The van der Waals surface area contributed by atoms with Crippen molar-refractivity contribution in [3.8, 4) is 11.5 Å². The smallest absolute Gasteiger partial charge is 0.235 e. The summed E-state index contributed by atoms with van der Waals surface area (Å²) >= 11 is 0. The molecule has 6 rings (SSSR count). The van der Waals surface area contributed by atoms with Crippen molar-refractivity contribution in [1.29, 1.82) is 5.41 Å². The fourth-order valence-corrected chi connectivity index (χ4v) is 5.90. The molecule has 4 atom stereocenters. The van der Waals surface area contributed by atoms with Crippen LogP contribution < -0.4 is 15.2 Å². The predicted octanol–water partition coefficient (Wildman–Crippen LogP) is 2.02. The summed E-state index contributed by atoms with van der Waals surface area (Å²) in [6.07, 6.45) is 1.96. The first kappa shape index (κ1) is 19.3. The van der Waals surface area contributed by atoms with Crippen LogP contribution in [-0.4, -0.2) is 46.8 Å². The highest BCUT2D eigenvalue weighted by Gasteiger charge is 2.62. The molecule has 32 heavy (non-hydrogen) atoms. The molecule has 0 aliphatic carbocycles. The summed E-state index contributed by atoms with van der Waals surface area (Å²) in [6, 6.07) is 13.0. The summed E-state index contributed by atoms with van der Waals surface area (Å²) in [5, 5.41) is 7.63. The second-order valence-corrected chi connectivity index (χ2v) is 8.93. The molecule has 164 valence electrons. The Hall–Kier alpha value is -3.39. The van der Waals surface area contributed by atoms with Crippen LogP contribution in [0.4, 0.5) is 0 Å². The van der Waals surface area contributed by atoms with Gasteiger partial charge in [0.25, 0.3) is 0 Å².